The van der Waals surface area contributed by atoms with Gasteiger partial charge in [0, 0.05) is 50.1 Å². The number of hydrogen-bond acceptors (Lipinski definition) is 9. The minimum Gasteiger partial charge on any atom is -0.393 e. The molecule has 2 aromatic carbocycles. The first-order valence-corrected chi connectivity index (χ1v) is 15.8. The van der Waals surface area contributed by atoms with E-state index in [4.69, 9.17) is 9.97 Å². The summed E-state index contributed by atoms with van der Waals surface area (Å²) in [4.78, 5) is 16.2. The van der Waals surface area contributed by atoms with E-state index in [1.54, 1.807) is 42.7 Å². The number of hydrogen-bond donors (Lipinski definition) is 3. The molecule has 0 atom stereocenters. The van der Waals surface area contributed by atoms with E-state index in [-0.39, 0.29) is 22.9 Å². The van der Waals surface area contributed by atoms with Gasteiger partial charge in [0.05, 0.1) is 17.3 Å². The average Bonchev–Trinajstić information content (AvgIpc) is 3.42. The van der Waals surface area contributed by atoms with Crippen LogP contribution in [0.25, 0.3) is 11.2 Å². The topological polar surface area (TPSA) is 129 Å². The molecular weight excluding hydrogens is 559 g/mol. The van der Waals surface area contributed by atoms with Gasteiger partial charge in [0.25, 0.3) is 0 Å². The maximum absolute atomic E-state index is 13.4. The van der Waals surface area contributed by atoms with Gasteiger partial charge in [-0.3, -0.25) is 0 Å². The summed E-state index contributed by atoms with van der Waals surface area (Å²) in [6.45, 7) is 4.45. The summed E-state index contributed by atoms with van der Waals surface area (Å²) in [6, 6.07) is 13.1. The Morgan fingerprint density at radius 3 is 2.31 bits per heavy atom. The van der Waals surface area contributed by atoms with Crippen molar-refractivity contribution in [3.05, 3.63) is 60.7 Å². The maximum Gasteiger partial charge on any atom is 0.243 e. The van der Waals surface area contributed by atoms with Crippen molar-refractivity contribution >= 4 is 44.3 Å². The quantitative estimate of drug-likeness (QED) is 0.278. The number of piperazine rings is 1. The lowest BCUT2D eigenvalue weighted by molar-refractivity contribution is 0.126. The number of aryl methyl sites for hydroxylation is 1. The molecule has 4 aromatic rings. The zero-order valence-corrected chi connectivity index (χ0v) is 24.3. The lowest BCUT2D eigenvalue weighted by atomic mass is 9.93. The molecule has 1 saturated heterocycles. The van der Waals surface area contributed by atoms with E-state index in [0.29, 0.717) is 61.3 Å². The highest BCUT2D eigenvalue weighted by atomic mass is 32.2. The molecule has 0 bridgehead atoms. The number of aliphatic hydroxyl groups is 1. The van der Waals surface area contributed by atoms with Crippen molar-refractivity contribution in [2.45, 2.75) is 56.2 Å². The Kier molecular flexibility index (Phi) is 7.97. The highest BCUT2D eigenvalue weighted by molar-refractivity contribution is 7.89. The zero-order valence-electron chi connectivity index (χ0n) is 23.4. The van der Waals surface area contributed by atoms with Crippen LogP contribution in [0.5, 0.6) is 0 Å². The Morgan fingerprint density at radius 2 is 1.64 bits per heavy atom. The smallest absolute Gasteiger partial charge is 0.243 e. The number of sulfonamides is 1. The van der Waals surface area contributed by atoms with Crippen molar-refractivity contribution in [3.63, 3.8) is 0 Å². The Hall–Kier alpha value is -3.81. The number of nitrogens with zero attached hydrogens (tertiary/aromatic N) is 6. The van der Waals surface area contributed by atoms with Crippen LogP contribution in [0.4, 0.5) is 27.5 Å². The normalized spacial score (nSPS) is 20.1. The van der Waals surface area contributed by atoms with Crippen LogP contribution < -0.4 is 15.5 Å². The van der Waals surface area contributed by atoms with Crippen molar-refractivity contribution < 1.29 is 17.9 Å². The number of imidazole rings is 1. The number of aliphatic hydroxyl groups excluding tert-OH is 1. The molecule has 3 N–H and O–H groups in total. The fraction of sp³-hybridized carbons (Fsp3) is 0.414. The Bertz CT molecular complexity index is 1630. The summed E-state index contributed by atoms with van der Waals surface area (Å²) in [7, 11) is -3.68. The van der Waals surface area contributed by atoms with Crippen molar-refractivity contribution in [1.82, 2.24) is 23.8 Å². The molecule has 2 aliphatic rings. The van der Waals surface area contributed by atoms with E-state index in [1.165, 1.54) is 16.4 Å². The molecular formula is C29H35FN8O3S. The minimum atomic E-state index is -3.68. The van der Waals surface area contributed by atoms with Crippen molar-refractivity contribution in [2.75, 3.05) is 41.7 Å². The average molecular weight is 595 g/mol. The van der Waals surface area contributed by atoms with Crippen LogP contribution in [0.15, 0.2) is 59.8 Å². The second-order valence-electron chi connectivity index (χ2n) is 10.8. The molecule has 42 heavy (non-hydrogen) atoms. The van der Waals surface area contributed by atoms with E-state index < -0.39 is 10.0 Å². The SMILES string of the molecule is CCn1cnc2c(Nc3ccc(S(=O)(=O)N4CCN(c5ccc(F)cc5)CC4)cc3)nc(N[C@H]3CC[C@H](O)CC3)nc21. The van der Waals surface area contributed by atoms with E-state index in [0.717, 1.165) is 31.4 Å². The molecule has 11 nitrogen and oxygen atoms in total. The predicted molar refractivity (Wildman–Crippen MR) is 160 cm³/mol. The highest BCUT2D eigenvalue weighted by Crippen LogP contribution is 2.28. The molecule has 1 aliphatic heterocycles. The molecule has 1 saturated carbocycles. The number of benzene rings is 2. The van der Waals surface area contributed by atoms with E-state index in [9.17, 15) is 17.9 Å². The van der Waals surface area contributed by atoms with Crippen LogP contribution in [0.1, 0.15) is 32.6 Å². The first-order chi connectivity index (χ1) is 20.3. The largest absolute Gasteiger partial charge is 0.393 e. The van der Waals surface area contributed by atoms with Gasteiger partial charge in [-0.05, 0) is 81.1 Å². The zero-order chi connectivity index (χ0) is 29.3. The van der Waals surface area contributed by atoms with E-state index in [2.05, 4.69) is 20.5 Å². The third-order valence-electron chi connectivity index (χ3n) is 8.02. The molecule has 3 heterocycles. The predicted octanol–water partition coefficient (Wildman–Crippen LogP) is 3.96. The third kappa shape index (κ3) is 5.90. The van der Waals surface area contributed by atoms with E-state index in [1.807, 2.05) is 11.5 Å². The summed E-state index contributed by atoms with van der Waals surface area (Å²) < 4.78 is 43.5. The molecule has 2 aromatic heterocycles. The lowest BCUT2D eigenvalue weighted by Gasteiger charge is -2.35. The molecule has 13 heteroatoms. The van der Waals surface area contributed by atoms with Crippen LogP contribution in [-0.4, -0.2) is 75.7 Å². The van der Waals surface area contributed by atoms with Gasteiger partial charge in [0.15, 0.2) is 17.0 Å². The summed E-state index contributed by atoms with van der Waals surface area (Å²) in [5, 5.41) is 16.6. The number of fused-ring (bicyclic) bond motifs is 1. The minimum absolute atomic E-state index is 0.179. The number of halogens is 1. The van der Waals surface area contributed by atoms with Crippen LogP contribution in [0.2, 0.25) is 0 Å². The Morgan fingerprint density at radius 1 is 0.952 bits per heavy atom. The summed E-state index contributed by atoms with van der Waals surface area (Å²) in [5.41, 5.74) is 2.87. The summed E-state index contributed by atoms with van der Waals surface area (Å²) in [5.74, 6) is 0.717. The first kappa shape index (κ1) is 28.3. The van der Waals surface area contributed by atoms with Crippen molar-refractivity contribution in [2.24, 2.45) is 0 Å². The van der Waals surface area contributed by atoms with Gasteiger partial charge in [0.1, 0.15) is 5.82 Å². The maximum atomic E-state index is 13.4. The van der Waals surface area contributed by atoms with Gasteiger partial charge >= 0.3 is 0 Å². The van der Waals surface area contributed by atoms with Gasteiger partial charge in [-0.15, -0.1) is 0 Å². The molecule has 0 radical (unpaired) electrons. The van der Waals surface area contributed by atoms with Crippen LogP contribution >= 0.6 is 0 Å². The van der Waals surface area contributed by atoms with E-state index >= 15 is 0 Å². The molecule has 0 unspecified atom stereocenters. The highest BCUT2D eigenvalue weighted by Gasteiger charge is 2.29. The summed E-state index contributed by atoms with van der Waals surface area (Å²) in [6.07, 6.45) is 4.67. The van der Waals surface area contributed by atoms with Gasteiger partial charge in [-0.25, -0.2) is 17.8 Å². The van der Waals surface area contributed by atoms with Crippen molar-refractivity contribution in [1.29, 1.82) is 0 Å². The lowest BCUT2D eigenvalue weighted by Crippen LogP contribution is -2.48. The standard InChI is InChI=1S/C29H35FN8O3S/c1-2-36-19-31-26-27(34-29(35-28(26)36)33-22-5-11-24(39)12-6-22)32-21-7-13-25(14-8-21)42(40,41)38-17-15-37(16-18-38)23-9-3-20(30)4-10-23/h3-4,7-10,13-14,19,22,24,39H,2,5-6,11-12,15-18H2,1H3,(H2,32,33,34,35)/t22-,24-. The second-order valence-corrected chi connectivity index (χ2v) is 12.7. The summed E-state index contributed by atoms with van der Waals surface area (Å²) >= 11 is 0. The fourth-order valence-electron chi connectivity index (χ4n) is 5.56. The van der Waals surface area contributed by atoms with Gasteiger partial charge < -0.3 is 25.2 Å². The number of rotatable bonds is 8. The Balaban J connectivity index is 1.16. The van der Waals surface area contributed by atoms with Gasteiger partial charge in [0.2, 0.25) is 16.0 Å². The number of anilines is 4. The van der Waals surface area contributed by atoms with Gasteiger partial charge in [-0.2, -0.15) is 14.3 Å². The molecule has 1 aliphatic carbocycles. The monoisotopic (exact) mass is 594 g/mol. The van der Waals surface area contributed by atoms with Crippen molar-refractivity contribution in [3.8, 4) is 0 Å². The first-order valence-electron chi connectivity index (χ1n) is 14.4. The molecule has 6 rings (SSSR count). The number of aromatic nitrogens is 4. The third-order valence-corrected chi connectivity index (χ3v) is 9.93. The van der Waals surface area contributed by atoms with Crippen LogP contribution in [0.3, 0.4) is 0 Å². The van der Waals surface area contributed by atoms with Crippen LogP contribution in [-0.2, 0) is 16.6 Å². The second kappa shape index (κ2) is 11.8. The number of nitrogens with one attached hydrogen (secondary N) is 2. The fourth-order valence-corrected chi connectivity index (χ4v) is 6.99. The van der Waals surface area contributed by atoms with Gasteiger partial charge in [-0.1, -0.05) is 0 Å². The van der Waals surface area contributed by atoms with Crippen LogP contribution in [0, 0.1) is 5.82 Å². The Labute approximate surface area is 244 Å². The molecule has 2 fully saturated rings. The molecule has 222 valence electrons. The molecule has 0 amide bonds. The molecule has 0 spiro atoms.